The van der Waals surface area contributed by atoms with Gasteiger partial charge in [-0.1, -0.05) is 0 Å². The smallest absolute Gasteiger partial charge is 0.373 e. The molecule has 1 fully saturated rings. The maximum absolute atomic E-state index is 12.8. The normalized spacial score (nSPS) is 18.7. The predicted octanol–water partition coefficient (Wildman–Crippen LogP) is 2.26. The second-order valence-electron chi connectivity index (χ2n) is 5.82. The summed E-state index contributed by atoms with van der Waals surface area (Å²) < 4.78 is 39.5. The number of pyridine rings is 1. The van der Waals surface area contributed by atoms with Crippen molar-refractivity contribution in [2.24, 2.45) is 0 Å². The number of carbonyl (C=O) groups is 1. The molecule has 2 aromatic rings. The number of rotatable bonds is 2. The molecule has 0 aromatic carbocycles. The molecule has 1 aliphatic heterocycles. The Morgan fingerprint density at radius 3 is 2.54 bits per heavy atom. The third-order valence-corrected chi connectivity index (χ3v) is 5.08. The lowest BCUT2D eigenvalue weighted by atomic mass is 10.0. The van der Waals surface area contributed by atoms with E-state index in [0.29, 0.717) is 20.0 Å². The van der Waals surface area contributed by atoms with Crippen LogP contribution in [0.25, 0.3) is 10.1 Å². The topological polar surface area (TPSA) is 56.7 Å². The fourth-order valence-electron chi connectivity index (χ4n) is 2.68. The molecule has 1 atom stereocenters. The van der Waals surface area contributed by atoms with E-state index in [1.165, 1.54) is 0 Å². The van der Waals surface area contributed by atoms with Gasteiger partial charge in [0.1, 0.15) is 5.82 Å². The van der Waals surface area contributed by atoms with Crippen molar-refractivity contribution in [2.75, 3.05) is 31.1 Å². The van der Waals surface area contributed by atoms with Crippen LogP contribution in [0.5, 0.6) is 0 Å². The minimum Gasteiger partial charge on any atom is -0.373 e. The molecule has 1 aliphatic rings. The van der Waals surface area contributed by atoms with Crippen molar-refractivity contribution in [3.05, 3.63) is 23.7 Å². The molecule has 1 saturated heterocycles. The number of carbonyl (C=O) groups excluding carboxylic acids is 1. The molecular weight excluding hydrogens is 343 g/mol. The Bertz CT molecular complexity index is 752. The van der Waals surface area contributed by atoms with E-state index in [2.05, 4.69) is 4.98 Å². The van der Waals surface area contributed by atoms with Crippen molar-refractivity contribution in [3.8, 4) is 0 Å². The fraction of sp³-hybridized carbons (Fsp3) is 0.467. The molecule has 1 N–H and O–H groups in total. The summed E-state index contributed by atoms with van der Waals surface area (Å²) in [6, 6.07) is 3.86. The van der Waals surface area contributed by atoms with Crippen LogP contribution >= 0.6 is 11.3 Å². The summed E-state index contributed by atoms with van der Waals surface area (Å²) in [5.41, 5.74) is -3.36. The van der Waals surface area contributed by atoms with Crippen molar-refractivity contribution in [1.29, 1.82) is 0 Å². The number of piperazine rings is 1. The van der Waals surface area contributed by atoms with Gasteiger partial charge in [-0.3, -0.25) is 4.79 Å². The highest BCUT2D eigenvalue weighted by atomic mass is 32.1. The van der Waals surface area contributed by atoms with Gasteiger partial charge in [-0.2, -0.15) is 13.2 Å². The maximum Gasteiger partial charge on any atom is 0.426 e. The standard InChI is InChI=1S/C15H16F3N3O2S/c1-14(23,15(16,17)18)13(22)21-7-5-20(6-8-21)12-10-3-9-24-11(10)2-4-19-12/h2-4,9,23H,5-8H2,1H3. The predicted molar refractivity (Wildman–Crippen MR) is 85.1 cm³/mol. The maximum atomic E-state index is 12.8. The molecular formula is C15H16F3N3O2S. The van der Waals surface area contributed by atoms with Crippen LogP contribution in [0.1, 0.15) is 6.92 Å². The van der Waals surface area contributed by atoms with Crippen LogP contribution in [0.15, 0.2) is 23.7 Å². The van der Waals surface area contributed by atoms with Crippen molar-refractivity contribution in [1.82, 2.24) is 9.88 Å². The molecule has 0 saturated carbocycles. The number of hydrogen-bond acceptors (Lipinski definition) is 5. The lowest BCUT2D eigenvalue weighted by molar-refractivity contribution is -0.250. The van der Waals surface area contributed by atoms with Gasteiger partial charge in [0.2, 0.25) is 5.60 Å². The number of aromatic nitrogens is 1. The molecule has 0 bridgehead atoms. The van der Waals surface area contributed by atoms with E-state index >= 15 is 0 Å². The number of hydrogen-bond donors (Lipinski definition) is 1. The van der Waals surface area contributed by atoms with Gasteiger partial charge in [0.05, 0.1) is 0 Å². The Morgan fingerprint density at radius 1 is 1.25 bits per heavy atom. The molecule has 24 heavy (non-hydrogen) atoms. The average Bonchev–Trinajstić information content (AvgIpc) is 3.01. The molecule has 3 heterocycles. The van der Waals surface area contributed by atoms with E-state index in [1.54, 1.807) is 17.5 Å². The highest BCUT2D eigenvalue weighted by Crippen LogP contribution is 2.33. The van der Waals surface area contributed by atoms with Gasteiger partial charge in [0.15, 0.2) is 0 Å². The molecule has 9 heteroatoms. The zero-order chi connectivity index (χ0) is 17.5. The summed E-state index contributed by atoms with van der Waals surface area (Å²) in [6.07, 6.45) is -3.30. The van der Waals surface area contributed by atoms with Crippen molar-refractivity contribution in [3.63, 3.8) is 0 Å². The van der Waals surface area contributed by atoms with Gasteiger partial charge >= 0.3 is 6.18 Å². The van der Waals surface area contributed by atoms with Gasteiger partial charge in [0.25, 0.3) is 5.91 Å². The zero-order valence-corrected chi connectivity index (χ0v) is 13.7. The zero-order valence-electron chi connectivity index (χ0n) is 12.9. The SMILES string of the molecule is CC(O)(C(=O)N1CCN(c2nccc3sccc23)CC1)C(F)(F)F. The second-order valence-corrected chi connectivity index (χ2v) is 6.76. The fourth-order valence-corrected chi connectivity index (χ4v) is 3.46. The molecule has 0 spiro atoms. The van der Waals surface area contributed by atoms with Gasteiger partial charge in [-0.25, -0.2) is 4.98 Å². The first-order chi connectivity index (χ1) is 11.2. The first-order valence-electron chi connectivity index (χ1n) is 7.37. The quantitative estimate of drug-likeness (QED) is 0.894. The van der Waals surface area contributed by atoms with E-state index < -0.39 is 17.7 Å². The van der Waals surface area contributed by atoms with Gasteiger partial charge < -0.3 is 14.9 Å². The van der Waals surface area contributed by atoms with Crippen LogP contribution in [0.4, 0.5) is 19.0 Å². The molecule has 3 rings (SSSR count). The molecule has 130 valence electrons. The van der Waals surface area contributed by atoms with Gasteiger partial charge in [-0.15, -0.1) is 11.3 Å². The lowest BCUT2D eigenvalue weighted by Gasteiger charge is -2.38. The number of halogens is 3. The largest absolute Gasteiger partial charge is 0.426 e. The summed E-state index contributed by atoms with van der Waals surface area (Å²) >= 11 is 1.59. The third-order valence-electron chi connectivity index (χ3n) is 4.19. The third kappa shape index (κ3) is 2.82. The number of fused-ring (bicyclic) bond motifs is 1. The van der Waals surface area contributed by atoms with Gasteiger partial charge in [-0.05, 0) is 24.4 Å². The van der Waals surface area contributed by atoms with Crippen LogP contribution in [-0.2, 0) is 4.79 Å². The molecule has 0 aliphatic carbocycles. The Hall–Kier alpha value is -1.87. The Morgan fingerprint density at radius 2 is 1.92 bits per heavy atom. The summed E-state index contributed by atoms with van der Waals surface area (Å²) in [4.78, 5) is 19.4. The van der Waals surface area contributed by atoms with Crippen LogP contribution in [-0.4, -0.2) is 58.9 Å². The van der Waals surface area contributed by atoms with Gasteiger partial charge in [0, 0.05) is 42.5 Å². The summed E-state index contributed by atoms with van der Waals surface area (Å²) in [6.45, 7) is 1.43. The van der Waals surface area contributed by atoms with Crippen molar-refractivity contribution in [2.45, 2.75) is 18.7 Å². The van der Waals surface area contributed by atoms with E-state index in [1.807, 2.05) is 22.4 Å². The van der Waals surface area contributed by atoms with E-state index in [0.717, 1.165) is 20.8 Å². The highest BCUT2D eigenvalue weighted by Gasteiger charge is 2.57. The first-order valence-corrected chi connectivity index (χ1v) is 8.25. The van der Waals surface area contributed by atoms with E-state index in [9.17, 15) is 23.1 Å². The molecule has 1 unspecified atom stereocenters. The number of nitrogens with zero attached hydrogens (tertiary/aromatic N) is 3. The number of thiophene rings is 1. The molecule has 5 nitrogen and oxygen atoms in total. The molecule has 0 radical (unpaired) electrons. The molecule has 2 aromatic heterocycles. The number of alkyl halides is 3. The van der Waals surface area contributed by atoms with Crippen LogP contribution in [0.3, 0.4) is 0 Å². The first kappa shape index (κ1) is 17.0. The monoisotopic (exact) mass is 359 g/mol. The van der Waals surface area contributed by atoms with Crippen LogP contribution in [0, 0.1) is 0 Å². The number of amides is 1. The minimum absolute atomic E-state index is 0.104. The van der Waals surface area contributed by atoms with Crippen molar-refractivity contribution < 1.29 is 23.1 Å². The lowest BCUT2D eigenvalue weighted by Crippen LogP contribution is -2.60. The summed E-state index contributed by atoms with van der Waals surface area (Å²) in [7, 11) is 0. The van der Waals surface area contributed by atoms with Crippen LogP contribution in [0.2, 0.25) is 0 Å². The minimum atomic E-state index is -4.99. The second kappa shape index (κ2) is 5.89. The average molecular weight is 359 g/mol. The van der Waals surface area contributed by atoms with E-state index in [-0.39, 0.29) is 13.1 Å². The highest BCUT2D eigenvalue weighted by molar-refractivity contribution is 7.17. The van der Waals surface area contributed by atoms with Crippen LogP contribution < -0.4 is 4.90 Å². The van der Waals surface area contributed by atoms with Crippen molar-refractivity contribution >= 4 is 33.1 Å². The number of anilines is 1. The Labute approximate surface area is 140 Å². The molecule has 1 amide bonds. The number of aliphatic hydroxyl groups is 1. The Kier molecular flexibility index (Phi) is 4.16. The summed E-state index contributed by atoms with van der Waals surface area (Å²) in [5, 5.41) is 12.5. The summed E-state index contributed by atoms with van der Waals surface area (Å²) in [5.74, 6) is -0.542. The Balaban J connectivity index is 1.72. The van der Waals surface area contributed by atoms with E-state index in [4.69, 9.17) is 0 Å².